The number of ether oxygens (including phenoxy) is 1. The van der Waals surface area contributed by atoms with Gasteiger partial charge in [0.2, 0.25) is 0 Å². The summed E-state index contributed by atoms with van der Waals surface area (Å²) in [4.78, 5) is 11.1. The molecule has 0 heterocycles. The topological polar surface area (TPSA) is 46.5 Å². The molecule has 0 saturated carbocycles. The lowest BCUT2D eigenvalue weighted by Gasteiger charge is -2.18. The van der Waals surface area contributed by atoms with Crippen LogP contribution in [0.2, 0.25) is 0 Å². The van der Waals surface area contributed by atoms with Crippen molar-refractivity contribution in [2.24, 2.45) is 0 Å². The van der Waals surface area contributed by atoms with E-state index in [4.69, 9.17) is 4.74 Å². The van der Waals surface area contributed by atoms with Crippen LogP contribution in [0, 0.1) is 0 Å². The van der Waals surface area contributed by atoms with Crippen molar-refractivity contribution in [1.82, 2.24) is 0 Å². The van der Waals surface area contributed by atoms with Gasteiger partial charge in [0.1, 0.15) is 5.75 Å². The molecule has 28 heavy (non-hydrogen) atoms. The Morgan fingerprint density at radius 3 is 1.89 bits per heavy atom. The van der Waals surface area contributed by atoms with E-state index in [0.717, 1.165) is 35.1 Å². The highest BCUT2D eigenvalue weighted by Crippen LogP contribution is 2.35. The minimum absolute atomic E-state index is 0.243. The van der Waals surface area contributed by atoms with E-state index in [1.54, 1.807) is 12.1 Å². The van der Waals surface area contributed by atoms with Crippen molar-refractivity contribution < 1.29 is 14.6 Å². The number of hydrogen-bond acceptors (Lipinski definition) is 3. The predicted molar refractivity (Wildman–Crippen MR) is 113 cm³/mol. The van der Waals surface area contributed by atoms with Gasteiger partial charge in [-0.05, 0) is 52.8 Å². The molecule has 0 aliphatic carbocycles. The summed E-state index contributed by atoms with van der Waals surface area (Å²) in [7, 11) is 0. The van der Waals surface area contributed by atoms with Gasteiger partial charge in [0, 0.05) is 6.92 Å². The van der Waals surface area contributed by atoms with Gasteiger partial charge < -0.3 is 9.84 Å². The molecule has 0 radical (unpaired) electrons. The molecule has 0 saturated heterocycles. The van der Waals surface area contributed by atoms with E-state index >= 15 is 0 Å². The van der Waals surface area contributed by atoms with E-state index in [0.29, 0.717) is 6.61 Å². The Kier molecular flexibility index (Phi) is 6.64. The summed E-state index contributed by atoms with van der Waals surface area (Å²) < 4.78 is 5.14. The zero-order chi connectivity index (χ0) is 19.8. The van der Waals surface area contributed by atoms with Gasteiger partial charge in [0.05, 0.1) is 6.61 Å². The average molecular weight is 372 g/mol. The van der Waals surface area contributed by atoms with Crippen LogP contribution in [0.5, 0.6) is 5.75 Å². The number of rotatable bonds is 7. The number of carbonyl (C=O) groups is 1. The van der Waals surface area contributed by atoms with Gasteiger partial charge in [0.25, 0.3) is 0 Å². The smallest absolute Gasteiger partial charge is 0.302 e. The Bertz CT molecular complexity index is 927. The maximum Gasteiger partial charge on any atom is 0.302 e. The van der Waals surface area contributed by atoms with Gasteiger partial charge in [-0.25, -0.2) is 0 Å². The summed E-state index contributed by atoms with van der Waals surface area (Å²) in [5, 5.41) is 9.73. The Balaban J connectivity index is 2.11. The minimum Gasteiger partial charge on any atom is -0.508 e. The summed E-state index contributed by atoms with van der Waals surface area (Å²) in [5.41, 5.74) is 5.59. The molecule has 3 aromatic rings. The summed E-state index contributed by atoms with van der Waals surface area (Å²) in [6.45, 7) is 1.82. The zero-order valence-corrected chi connectivity index (χ0v) is 16.0. The molecule has 1 N–H and O–H groups in total. The van der Waals surface area contributed by atoms with E-state index < -0.39 is 0 Å². The molecule has 3 nitrogen and oxygen atoms in total. The van der Waals surface area contributed by atoms with Crippen molar-refractivity contribution in [3.8, 4) is 5.75 Å². The maximum absolute atomic E-state index is 11.1. The van der Waals surface area contributed by atoms with E-state index in [1.165, 1.54) is 12.5 Å². The van der Waals surface area contributed by atoms with Gasteiger partial charge in [0.15, 0.2) is 0 Å². The van der Waals surface area contributed by atoms with Crippen molar-refractivity contribution >= 4 is 17.1 Å². The minimum atomic E-state index is -0.257. The molecule has 0 aromatic heterocycles. The van der Waals surface area contributed by atoms with Crippen LogP contribution in [0.15, 0.2) is 84.9 Å². The summed E-state index contributed by atoms with van der Waals surface area (Å²) in [5.74, 6) is -0.0145. The molecule has 0 aliphatic rings. The first-order chi connectivity index (χ1) is 13.6. The molecular weight excluding hydrogens is 348 g/mol. The Labute approximate surface area is 165 Å². The molecule has 0 amide bonds. The molecule has 0 bridgehead atoms. The largest absolute Gasteiger partial charge is 0.508 e. The van der Waals surface area contributed by atoms with E-state index in [2.05, 4.69) is 24.3 Å². The molecule has 0 spiro atoms. The number of benzene rings is 3. The summed E-state index contributed by atoms with van der Waals surface area (Å²) >= 11 is 0. The molecule has 3 aromatic carbocycles. The fourth-order valence-corrected chi connectivity index (χ4v) is 3.27. The number of phenols is 1. The van der Waals surface area contributed by atoms with Crippen LogP contribution in [-0.4, -0.2) is 17.7 Å². The van der Waals surface area contributed by atoms with Crippen molar-refractivity contribution in [2.75, 3.05) is 6.61 Å². The fourth-order valence-electron chi connectivity index (χ4n) is 3.27. The number of esters is 1. The predicted octanol–water partition coefficient (Wildman–Crippen LogP) is 5.69. The second-order valence-electron chi connectivity index (χ2n) is 6.58. The quantitative estimate of drug-likeness (QED) is 0.329. The molecule has 142 valence electrons. The monoisotopic (exact) mass is 372 g/mol. The van der Waals surface area contributed by atoms with Crippen molar-refractivity contribution in [2.45, 2.75) is 19.8 Å². The maximum atomic E-state index is 11.1. The molecule has 3 heteroatoms. The third-order valence-corrected chi connectivity index (χ3v) is 4.52. The highest BCUT2D eigenvalue weighted by atomic mass is 16.5. The molecule has 0 unspecified atom stereocenters. The van der Waals surface area contributed by atoms with Crippen LogP contribution in [0.25, 0.3) is 11.1 Å². The number of aromatic hydroxyl groups is 1. The molecule has 0 aliphatic heterocycles. The summed E-state index contributed by atoms with van der Waals surface area (Å²) in [6, 6.07) is 27.8. The number of phenolic OH excluding ortho intramolecular Hbond substituents is 1. The number of allylic oxidation sites excluding steroid dienone is 1. The van der Waals surface area contributed by atoms with Crippen LogP contribution < -0.4 is 0 Å². The zero-order valence-electron chi connectivity index (χ0n) is 16.0. The third-order valence-electron chi connectivity index (χ3n) is 4.52. The fraction of sp³-hybridized carbons (Fsp3) is 0.160. The van der Waals surface area contributed by atoms with Crippen molar-refractivity contribution in [1.29, 1.82) is 0 Å². The molecular formula is C25H24O3. The van der Waals surface area contributed by atoms with Crippen molar-refractivity contribution in [3.05, 3.63) is 102 Å². The van der Waals surface area contributed by atoms with Crippen LogP contribution >= 0.6 is 0 Å². The number of carbonyl (C=O) groups excluding carboxylic acids is 1. The van der Waals surface area contributed by atoms with Gasteiger partial charge >= 0.3 is 5.97 Å². The van der Waals surface area contributed by atoms with E-state index in [1.807, 2.05) is 48.5 Å². The Hall–Kier alpha value is -3.33. The van der Waals surface area contributed by atoms with Gasteiger partial charge in [-0.3, -0.25) is 4.79 Å². The van der Waals surface area contributed by atoms with Crippen LogP contribution in [0.1, 0.15) is 36.5 Å². The van der Waals surface area contributed by atoms with E-state index in [9.17, 15) is 9.90 Å². The Morgan fingerprint density at radius 2 is 1.32 bits per heavy atom. The van der Waals surface area contributed by atoms with Crippen LogP contribution in [-0.2, 0) is 9.53 Å². The molecule has 0 atom stereocenters. The van der Waals surface area contributed by atoms with Gasteiger partial charge in [-0.15, -0.1) is 0 Å². The third kappa shape index (κ3) is 5.10. The standard InChI is InChI=1S/C25H24O3/c1-19(26)28-18-8-13-24(20-9-4-2-5-10-20)25(21-11-6-3-7-12-21)22-14-16-23(27)17-15-22/h2-7,9-12,14-17,27H,8,13,18H2,1H3/b25-24+. The van der Waals surface area contributed by atoms with Gasteiger partial charge in [-0.2, -0.15) is 0 Å². The Morgan fingerprint density at radius 1 is 0.786 bits per heavy atom. The van der Waals surface area contributed by atoms with Gasteiger partial charge in [-0.1, -0.05) is 72.8 Å². The highest BCUT2D eigenvalue weighted by molar-refractivity contribution is 5.98. The van der Waals surface area contributed by atoms with E-state index in [-0.39, 0.29) is 11.7 Å². The average Bonchev–Trinajstić information content (AvgIpc) is 2.72. The lowest BCUT2D eigenvalue weighted by Crippen LogP contribution is -2.02. The first-order valence-electron chi connectivity index (χ1n) is 9.42. The number of hydrogen-bond donors (Lipinski definition) is 1. The lowest BCUT2D eigenvalue weighted by molar-refractivity contribution is -0.141. The first kappa shape index (κ1) is 19.4. The SMILES string of the molecule is CC(=O)OCCC/C(=C(/c1ccccc1)c1ccc(O)cc1)c1ccccc1. The molecule has 3 rings (SSSR count). The van der Waals surface area contributed by atoms with Crippen LogP contribution in [0.4, 0.5) is 0 Å². The summed E-state index contributed by atoms with van der Waals surface area (Å²) in [6.07, 6.45) is 1.50. The second kappa shape index (κ2) is 9.56. The normalized spacial score (nSPS) is 11.6. The van der Waals surface area contributed by atoms with Crippen LogP contribution in [0.3, 0.4) is 0 Å². The molecule has 0 fully saturated rings. The lowest BCUT2D eigenvalue weighted by atomic mass is 9.87. The first-order valence-corrected chi connectivity index (χ1v) is 9.42. The second-order valence-corrected chi connectivity index (χ2v) is 6.58. The van der Waals surface area contributed by atoms with Crippen molar-refractivity contribution in [3.63, 3.8) is 0 Å². The highest BCUT2D eigenvalue weighted by Gasteiger charge is 2.14.